The predicted molar refractivity (Wildman–Crippen MR) is 252 cm³/mol. The van der Waals surface area contributed by atoms with Crippen molar-refractivity contribution in [3.8, 4) is 0 Å². The molecule has 2 bridgehead atoms. The SMILES string of the molecule is CCC1/C=C(\C)C(F)C(C)CC(OC)C2OC(O)(C(=O)C(=O)N3CCCCC3C(=O)OC(C(C)=CC3CCC(NC(=O)[C@@H](N)Cc4ccccc4)C(OC)C3)C(C)C(O)CC1=O)C(C)CC2OC. The molecule has 16 atom stereocenters. The third-order valence-electron chi connectivity index (χ3n) is 15.1. The minimum absolute atomic E-state index is 0.0291. The molecule has 1 saturated carbocycles. The van der Waals surface area contributed by atoms with E-state index < -0.39 is 95.9 Å². The number of carbonyl (C=O) groups is 5. The van der Waals surface area contributed by atoms with Gasteiger partial charge in [-0.25, -0.2) is 9.18 Å². The molecule has 68 heavy (non-hydrogen) atoms. The van der Waals surface area contributed by atoms with Crippen molar-refractivity contribution in [2.24, 2.45) is 35.3 Å². The van der Waals surface area contributed by atoms with Gasteiger partial charge in [-0.15, -0.1) is 0 Å². The lowest BCUT2D eigenvalue weighted by Gasteiger charge is -2.47. The van der Waals surface area contributed by atoms with Gasteiger partial charge in [0.05, 0.1) is 36.5 Å². The molecule has 16 heteroatoms. The quantitative estimate of drug-likeness (QED) is 0.137. The second-order valence-corrected chi connectivity index (χ2v) is 20.0. The molecule has 2 amide bonds. The molecule has 3 fully saturated rings. The van der Waals surface area contributed by atoms with Crippen LogP contribution in [0.15, 0.2) is 53.6 Å². The zero-order valence-corrected chi connectivity index (χ0v) is 41.6. The fourth-order valence-electron chi connectivity index (χ4n) is 10.7. The van der Waals surface area contributed by atoms with E-state index in [4.69, 9.17) is 29.4 Å². The average Bonchev–Trinajstić information content (AvgIpc) is 3.33. The Morgan fingerprint density at radius 1 is 0.985 bits per heavy atom. The zero-order chi connectivity index (χ0) is 50.0. The summed E-state index contributed by atoms with van der Waals surface area (Å²) in [5.74, 6) is -9.64. The summed E-state index contributed by atoms with van der Waals surface area (Å²) in [6.07, 6.45) is 0.167. The Bertz CT molecular complexity index is 1950. The lowest BCUT2D eigenvalue weighted by Crippen LogP contribution is -2.64. The number of hydrogen-bond donors (Lipinski definition) is 4. The molecule has 0 radical (unpaired) electrons. The number of ether oxygens (including phenoxy) is 5. The molecule has 2 saturated heterocycles. The van der Waals surface area contributed by atoms with Crippen LogP contribution < -0.4 is 11.1 Å². The topological polar surface area (TPSA) is 213 Å². The molecule has 15 unspecified atom stereocenters. The number of nitrogens with one attached hydrogen (secondary N) is 1. The second kappa shape index (κ2) is 24.8. The van der Waals surface area contributed by atoms with Crippen molar-refractivity contribution in [2.75, 3.05) is 27.9 Å². The predicted octanol–water partition coefficient (Wildman–Crippen LogP) is 5.11. The van der Waals surface area contributed by atoms with Crippen LogP contribution in [0.5, 0.6) is 0 Å². The Morgan fingerprint density at radius 2 is 1.65 bits per heavy atom. The number of hydrogen-bond acceptors (Lipinski definition) is 13. The van der Waals surface area contributed by atoms with E-state index in [1.165, 1.54) is 14.2 Å². The Balaban J connectivity index is 1.46. The minimum Gasteiger partial charge on any atom is -0.456 e. The Morgan fingerprint density at radius 3 is 2.29 bits per heavy atom. The summed E-state index contributed by atoms with van der Waals surface area (Å²) in [7, 11) is 4.46. The maximum Gasteiger partial charge on any atom is 0.329 e. The van der Waals surface area contributed by atoms with E-state index in [1.54, 1.807) is 47.8 Å². The fourth-order valence-corrected chi connectivity index (χ4v) is 10.7. The monoisotopic (exact) mass is 956 g/mol. The van der Waals surface area contributed by atoms with Crippen molar-refractivity contribution in [3.05, 3.63) is 59.2 Å². The van der Waals surface area contributed by atoms with Crippen molar-refractivity contribution in [2.45, 2.75) is 179 Å². The van der Waals surface area contributed by atoms with Crippen molar-refractivity contribution in [1.29, 1.82) is 0 Å². The summed E-state index contributed by atoms with van der Waals surface area (Å²) in [6, 6.07) is 7.28. The second-order valence-electron chi connectivity index (χ2n) is 20.0. The number of Topliss-reactive ketones (excluding diaryl/α,β-unsaturated/α-hetero) is 2. The molecule has 380 valence electrons. The third-order valence-corrected chi connectivity index (χ3v) is 15.1. The number of benzene rings is 1. The summed E-state index contributed by atoms with van der Waals surface area (Å²) >= 11 is 0. The van der Waals surface area contributed by atoms with E-state index in [-0.39, 0.29) is 62.0 Å². The Kier molecular flexibility index (Phi) is 20.1. The van der Waals surface area contributed by atoms with Gasteiger partial charge in [-0.05, 0) is 107 Å². The number of halogens is 1. The summed E-state index contributed by atoms with van der Waals surface area (Å²) in [6.45, 7) is 10.2. The summed E-state index contributed by atoms with van der Waals surface area (Å²) < 4.78 is 46.4. The van der Waals surface area contributed by atoms with Crippen molar-refractivity contribution in [1.82, 2.24) is 10.2 Å². The van der Waals surface area contributed by atoms with Gasteiger partial charge in [-0.2, -0.15) is 0 Å². The molecule has 15 nitrogen and oxygen atoms in total. The molecule has 5 N–H and O–H groups in total. The third kappa shape index (κ3) is 13.1. The number of rotatable bonds is 10. The first kappa shape index (κ1) is 55.0. The fraction of sp³-hybridized carbons (Fsp3) is 0.712. The smallest absolute Gasteiger partial charge is 0.329 e. The first-order valence-electron chi connectivity index (χ1n) is 24.6. The minimum atomic E-state index is -2.63. The van der Waals surface area contributed by atoms with Gasteiger partial charge in [0.15, 0.2) is 0 Å². The first-order valence-corrected chi connectivity index (χ1v) is 24.6. The van der Waals surface area contributed by atoms with Crippen LogP contribution in [0.4, 0.5) is 4.39 Å². The van der Waals surface area contributed by atoms with E-state index in [0.717, 1.165) is 10.5 Å². The summed E-state index contributed by atoms with van der Waals surface area (Å²) in [4.78, 5) is 71.6. The lowest BCUT2D eigenvalue weighted by molar-refractivity contribution is -0.302. The van der Waals surface area contributed by atoms with Gasteiger partial charge in [0.25, 0.3) is 11.7 Å². The van der Waals surface area contributed by atoms with Crippen LogP contribution >= 0.6 is 0 Å². The van der Waals surface area contributed by atoms with E-state index in [0.29, 0.717) is 56.1 Å². The van der Waals surface area contributed by atoms with Gasteiger partial charge in [0, 0.05) is 52.0 Å². The van der Waals surface area contributed by atoms with Crippen LogP contribution in [-0.2, 0) is 54.1 Å². The molecule has 1 aliphatic carbocycles. The number of esters is 1. The highest BCUT2D eigenvalue weighted by atomic mass is 19.1. The number of fused-ring (bicyclic) bond motifs is 3. The number of allylic oxidation sites excluding steroid dienone is 3. The van der Waals surface area contributed by atoms with Gasteiger partial charge in [0.1, 0.15) is 30.2 Å². The molecular weight excluding hydrogens is 878 g/mol. The highest BCUT2D eigenvalue weighted by Crippen LogP contribution is 2.40. The number of carbonyl (C=O) groups excluding carboxylic acids is 5. The highest BCUT2D eigenvalue weighted by molar-refractivity contribution is 6.39. The summed E-state index contributed by atoms with van der Waals surface area (Å²) in [5, 5.41) is 27.0. The number of piperidine rings is 1. The molecule has 0 aromatic heterocycles. The van der Waals surface area contributed by atoms with Gasteiger partial charge in [0.2, 0.25) is 11.7 Å². The van der Waals surface area contributed by atoms with E-state index in [9.17, 15) is 34.2 Å². The molecule has 5 rings (SSSR count). The van der Waals surface area contributed by atoms with E-state index in [1.807, 2.05) is 43.3 Å². The van der Waals surface area contributed by atoms with E-state index >= 15 is 4.39 Å². The maximum absolute atomic E-state index is 16.3. The molecule has 3 aliphatic heterocycles. The number of nitrogens with two attached hydrogens (primary N) is 1. The van der Waals surface area contributed by atoms with Gasteiger partial charge >= 0.3 is 5.97 Å². The van der Waals surface area contributed by atoms with Crippen molar-refractivity contribution in [3.63, 3.8) is 0 Å². The van der Waals surface area contributed by atoms with Gasteiger partial charge in [-0.1, -0.05) is 70.2 Å². The molecule has 1 aromatic carbocycles. The number of cyclic esters (lactones) is 1. The van der Waals surface area contributed by atoms with Crippen LogP contribution in [0, 0.1) is 29.6 Å². The molecule has 3 heterocycles. The number of alkyl halides is 1. The van der Waals surface area contributed by atoms with Crippen LogP contribution in [0.3, 0.4) is 0 Å². The number of aliphatic hydroxyl groups is 2. The number of ketones is 2. The van der Waals surface area contributed by atoms with Gasteiger partial charge in [-0.3, -0.25) is 19.2 Å². The lowest BCUT2D eigenvalue weighted by atomic mass is 9.80. The Hall–Kier alpha value is -3.90. The standard InChI is InChI=1S/C52H78FN3O12/c1-10-36-23-29(2)45(53)30(3)24-43(65-8)47-44(66-9)25-32(5)52(63,68-47)48(59)50(61)56-21-15-14-18-39(56)51(62)67-46(33(6)40(57)28-41(36)58)31(4)22-35-19-20-38(42(27-35)64-7)55-49(60)37(54)26-34-16-12-11-13-17-34/h11-13,16-17,22-23,30,32-33,35-40,42-47,57,63H,10,14-15,18-21,24-28,54H2,1-9H3,(H,55,60)/b29-23+,31-22?/t30?,32?,33?,35?,36?,37-,38?,39?,40?,42?,43?,44?,45?,46?,47?,52?/m0/s1. The number of amides is 2. The number of aliphatic hydroxyl groups excluding tert-OH is 1. The largest absolute Gasteiger partial charge is 0.456 e. The Labute approximate surface area is 402 Å². The molecule has 0 spiro atoms. The highest BCUT2D eigenvalue weighted by Gasteiger charge is 2.57. The van der Waals surface area contributed by atoms with Crippen LogP contribution in [0.1, 0.15) is 111 Å². The van der Waals surface area contributed by atoms with Crippen molar-refractivity contribution < 1.29 is 62.3 Å². The molecular formula is C52H78FN3O12. The van der Waals surface area contributed by atoms with E-state index in [2.05, 4.69) is 5.32 Å². The van der Waals surface area contributed by atoms with Crippen LogP contribution in [-0.4, -0.2) is 139 Å². The van der Waals surface area contributed by atoms with Crippen LogP contribution in [0.2, 0.25) is 0 Å². The number of nitrogens with zero attached hydrogens (tertiary/aromatic N) is 1. The first-order chi connectivity index (χ1) is 32.3. The maximum atomic E-state index is 16.3. The normalized spacial score (nSPS) is 37.8. The number of methoxy groups -OCH3 is 3. The van der Waals surface area contributed by atoms with Gasteiger partial charge < -0.3 is 49.8 Å². The molecule has 1 aromatic rings. The summed E-state index contributed by atoms with van der Waals surface area (Å²) in [5.41, 5.74) is 8.17. The van der Waals surface area contributed by atoms with Crippen molar-refractivity contribution >= 4 is 29.4 Å². The zero-order valence-electron chi connectivity index (χ0n) is 41.6. The van der Waals surface area contributed by atoms with Crippen LogP contribution in [0.25, 0.3) is 0 Å². The average molecular weight is 956 g/mol. The molecule has 4 aliphatic rings.